The molecule has 1 aliphatic rings. The summed E-state index contributed by atoms with van der Waals surface area (Å²) < 4.78 is 6.10. The van der Waals surface area contributed by atoms with Crippen LogP contribution >= 0.6 is 0 Å². The highest BCUT2D eigenvalue weighted by molar-refractivity contribution is 5.47. The highest BCUT2D eigenvalue weighted by atomic mass is 16.5. The van der Waals surface area contributed by atoms with E-state index in [4.69, 9.17) is 4.74 Å². The van der Waals surface area contributed by atoms with Crippen molar-refractivity contribution >= 4 is 6.72 Å². The number of nitrogens with zero attached hydrogens (tertiary/aromatic N) is 1. The Bertz CT molecular complexity index is 352. The van der Waals surface area contributed by atoms with E-state index >= 15 is 0 Å². The van der Waals surface area contributed by atoms with E-state index in [0.717, 1.165) is 5.70 Å². The largest absolute Gasteiger partial charge is 0.361 e. The van der Waals surface area contributed by atoms with Crippen molar-refractivity contribution in [3.8, 4) is 0 Å². The molecule has 0 bridgehead atoms. The van der Waals surface area contributed by atoms with E-state index in [1.54, 1.807) is 0 Å². The predicted molar refractivity (Wildman–Crippen MR) is 69.8 cm³/mol. The third kappa shape index (κ3) is 1.86. The van der Waals surface area contributed by atoms with Gasteiger partial charge in [-0.3, -0.25) is 4.99 Å². The number of aliphatic imine (C=N–C) groups is 1. The third-order valence-electron chi connectivity index (χ3n) is 3.66. The van der Waals surface area contributed by atoms with Crippen molar-refractivity contribution in [3.05, 3.63) is 22.9 Å². The molecular formula is C14H23NO. The van der Waals surface area contributed by atoms with Gasteiger partial charge in [-0.05, 0) is 45.9 Å². The molecule has 0 aliphatic carbocycles. The van der Waals surface area contributed by atoms with Crippen molar-refractivity contribution in [2.24, 2.45) is 10.9 Å². The van der Waals surface area contributed by atoms with Gasteiger partial charge in [-0.2, -0.15) is 0 Å². The lowest BCUT2D eigenvalue weighted by atomic mass is 9.81. The van der Waals surface area contributed by atoms with E-state index in [9.17, 15) is 0 Å². The minimum absolute atomic E-state index is 0.0369. The van der Waals surface area contributed by atoms with E-state index in [1.165, 1.54) is 11.1 Å². The second kappa shape index (κ2) is 4.54. The van der Waals surface area contributed by atoms with Crippen LogP contribution in [0.3, 0.4) is 0 Å². The summed E-state index contributed by atoms with van der Waals surface area (Å²) >= 11 is 0. The lowest BCUT2D eigenvalue weighted by molar-refractivity contribution is -0.0404. The standard InChI is InChI=1S/C14H23NO/c1-8-10(4)12-13(15-7)11(5)16-14(12,6)9(2)3/h8-9,11H,7H2,1-6H3/b10-8-. The molecular weight excluding hydrogens is 198 g/mol. The highest BCUT2D eigenvalue weighted by Crippen LogP contribution is 2.44. The number of ether oxygens (including phenoxy) is 1. The summed E-state index contributed by atoms with van der Waals surface area (Å²) in [7, 11) is 0. The molecule has 0 spiro atoms. The molecule has 0 saturated heterocycles. The van der Waals surface area contributed by atoms with Crippen molar-refractivity contribution in [2.75, 3.05) is 0 Å². The van der Waals surface area contributed by atoms with Crippen LogP contribution in [0.2, 0.25) is 0 Å². The fraction of sp³-hybridized carbons (Fsp3) is 0.643. The molecule has 2 nitrogen and oxygen atoms in total. The predicted octanol–water partition coefficient (Wildman–Crippen LogP) is 3.74. The monoisotopic (exact) mass is 221 g/mol. The summed E-state index contributed by atoms with van der Waals surface area (Å²) in [4.78, 5) is 4.16. The molecule has 0 aromatic rings. The Labute approximate surface area is 99.1 Å². The van der Waals surface area contributed by atoms with Crippen LogP contribution in [0.4, 0.5) is 0 Å². The molecule has 2 atom stereocenters. The highest BCUT2D eigenvalue weighted by Gasteiger charge is 2.44. The van der Waals surface area contributed by atoms with Crippen LogP contribution in [-0.2, 0) is 4.74 Å². The second-order valence-electron chi connectivity index (χ2n) is 4.91. The van der Waals surface area contributed by atoms with E-state index in [0.29, 0.717) is 5.92 Å². The number of hydrogen-bond acceptors (Lipinski definition) is 2. The summed E-state index contributed by atoms with van der Waals surface area (Å²) in [6, 6.07) is 0. The van der Waals surface area contributed by atoms with Crippen molar-refractivity contribution < 1.29 is 4.74 Å². The maximum Gasteiger partial charge on any atom is 0.0982 e. The summed E-state index contributed by atoms with van der Waals surface area (Å²) in [5.74, 6) is 0.416. The van der Waals surface area contributed by atoms with Crippen LogP contribution in [0, 0.1) is 5.92 Å². The molecule has 0 aromatic carbocycles. The molecule has 16 heavy (non-hydrogen) atoms. The normalized spacial score (nSPS) is 31.4. The topological polar surface area (TPSA) is 21.6 Å². The van der Waals surface area contributed by atoms with Gasteiger partial charge >= 0.3 is 0 Å². The molecule has 0 saturated carbocycles. The Morgan fingerprint density at radius 2 is 2.12 bits per heavy atom. The number of allylic oxidation sites excluding steroid dienone is 1. The molecule has 0 fully saturated rings. The Hall–Kier alpha value is -0.890. The van der Waals surface area contributed by atoms with Gasteiger partial charge in [-0.15, -0.1) is 0 Å². The van der Waals surface area contributed by atoms with Gasteiger partial charge < -0.3 is 4.74 Å². The lowest BCUT2D eigenvalue weighted by Gasteiger charge is -2.32. The zero-order chi connectivity index (χ0) is 12.5. The summed E-state index contributed by atoms with van der Waals surface area (Å²) in [6.07, 6.45) is 2.15. The van der Waals surface area contributed by atoms with E-state index < -0.39 is 0 Å². The Morgan fingerprint density at radius 1 is 1.56 bits per heavy atom. The average molecular weight is 221 g/mol. The first-order valence-electron chi connectivity index (χ1n) is 5.91. The Morgan fingerprint density at radius 3 is 2.50 bits per heavy atom. The van der Waals surface area contributed by atoms with Gasteiger partial charge in [-0.25, -0.2) is 0 Å². The molecule has 1 aliphatic heterocycles. The van der Waals surface area contributed by atoms with Gasteiger partial charge in [0, 0.05) is 5.57 Å². The summed E-state index contributed by atoms with van der Waals surface area (Å²) in [5, 5.41) is 0. The fourth-order valence-corrected chi connectivity index (χ4v) is 2.31. The SMILES string of the molecule is C=NC1=C(/C(C)=C\C)C(C)(C(C)C)OC1C. The zero-order valence-corrected chi connectivity index (χ0v) is 11.3. The van der Waals surface area contributed by atoms with Crippen LogP contribution in [0.25, 0.3) is 0 Å². The van der Waals surface area contributed by atoms with Crippen molar-refractivity contribution in [2.45, 2.75) is 53.2 Å². The van der Waals surface area contributed by atoms with Gasteiger partial charge in [0.25, 0.3) is 0 Å². The lowest BCUT2D eigenvalue weighted by Crippen LogP contribution is -2.35. The van der Waals surface area contributed by atoms with E-state index in [1.807, 2.05) is 13.8 Å². The maximum atomic E-state index is 6.10. The average Bonchev–Trinajstić information content (AvgIpc) is 2.49. The molecule has 0 N–H and O–H groups in total. The third-order valence-corrected chi connectivity index (χ3v) is 3.66. The first-order chi connectivity index (χ1) is 7.38. The second-order valence-corrected chi connectivity index (χ2v) is 4.91. The molecule has 90 valence electrons. The Kier molecular flexibility index (Phi) is 3.74. The molecule has 0 amide bonds. The molecule has 0 aromatic heterocycles. The van der Waals surface area contributed by atoms with Gasteiger partial charge in [-0.1, -0.05) is 19.9 Å². The summed E-state index contributed by atoms with van der Waals surface area (Å²) in [5.41, 5.74) is 3.20. The number of rotatable bonds is 3. The fourth-order valence-electron chi connectivity index (χ4n) is 2.31. The first kappa shape index (κ1) is 13.2. The molecule has 2 heteroatoms. The Balaban J connectivity index is 3.38. The quantitative estimate of drug-likeness (QED) is 0.665. The van der Waals surface area contributed by atoms with E-state index in [-0.39, 0.29) is 11.7 Å². The van der Waals surface area contributed by atoms with Gasteiger partial charge in [0.05, 0.1) is 17.4 Å². The smallest absolute Gasteiger partial charge is 0.0982 e. The van der Waals surface area contributed by atoms with Crippen LogP contribution in [0.15, 0.2) is 27.9 Å². The number of hydrogen-bond donors (Lipinski definition) is 0. The molecule has 1 heterocycles. The van der Waals surface area contributed by atoms with E-state index in [2.05, 4.69) is 45.5 Å². The first-order valence-corrected chi connectivity index (χ1v) is 5.91. The van der Waals surface area contributed by atoms with Crippen LogP contribution < -0.4 is 0 Å². The van der Waals surface area contributed by atoms with Crippen LogP contribution in [-0.4, -0.2) is 18.4 Å². The van der Waals surface area contributed by atoms with Gasteiger partial charge in [0.2, 0.25) is 0 Å². The molecule has 2 unspecified atom stereocenters. The molecule has 0 radical (unpaired) electrons. The minimum Gasteiger partial charge on any atom is -0.361 e. The minimum atomic E-state index is -0.244. The molecule has 1 rings (SSSR count). The maximum absolute atomic E-state index is 6.10. The zero-order valence-electron chi connectivity index (χ0n) is 11.3. The van der Waals surface area contributed by atoms with Crippen LogP contribution in [0.5, 0.6) is 0 Å². The summed E-state index contributed by atoms with van der Waals surface area (Å²) in [6.45, 7) is 16.4. The van der Waals surface area contributed by atoms with Crippen LogP contribution in [0.1, 0.15) is 41.5 Å². The van der Waals surface area contributed by atoms with Gasteiger partial charge in [0.15, 0.2) is 0 Å². The van der Waals surface area contributed by atoms with Crippen molar-refractivity contribution in [1.82, 2.24) is 0 Å². The van der Waals surface area contributed by atoms with Crippen molar-refractivity contribution in [3.63, 3.8) is 0 Å². The van der Waals surface area contributed by atoms with Gasteiger partial charge in [0.1, 0.15) is 0 Å². The van der Waals surface area contributed by atoms with Crippen molar-refractivity contribution in [1.29, 1.82) is 0 Å².